The largest absolute Gasteiger partial charge is 0.468 e. The van der Waals surface area contributed by atoms with Crippen LogP contribution in [0.4, 0.5) is 0 Å². The third kappa shape index (κ3) is 1.59. The molecular formula is C8H6N2O. The third-order valence-corrected chi connectivity index (χ3v) is 1.35. The van der Waals surface area contributed by atoms with Crippen LogP contribution in [-0.4, -0.2) is 0 Å². The van der Waals surface area contributed by atoms with Crippen molar-refractivity contribution in [1.82, 2.24) is 0 Å². The Labute approximate surface area is 64.8 Å². The van der Waals surface area contributed by atoms with Crippen LogP contribution in [-0.2, 0) is 4.74 Å². The Morgan fingerprint density at radius 1 is 1.45 bits per heavy atom. The van der Waals surface area contributed by atoms with E-state index in [1.165, 1.54) is 6.26 Å². The number of hydrogen-bond acceptors (Lipinski definition) is 3. The Kier molecular flexibility index (Phi) is 2.30. The van der Waals surface area contributed by atoms with Gasteiger partial charge in [0, 0.05) is 6.42 Å². The van der Waals surface area contributed by atoms with Crippen LogP contribution in [0, 0.1) is 22.7 Å². The maximum atomic E-state index is 8.44. The molecule has 3 nitrogen and oxygen atoms in total. The molecule has 0 N–H and O–H groups in total. The smallest absolute Gasteiger partial charge is 0.167 e. The zero-order valence-corrected chi connectivity index (χ0v) is 5.87. The van der Waals surface area contributed by atoms with Gasteiger partial charge in [0.15, 0.2) is 5.57 Å². The third-order valence-electron chi connectivity index (χ3n) is 1.35. The van der Waals surface area contributed by atoms with E-state index in [2.05, 4.69) is 0 Å². The summed E-state index contributed by atoms with van der Waals surface area (Å²) in [7, 11) is 0. The van der Waals surface area contributed by atoms with E-state index in [9.17, 15) is 0 Å². The zero-order chi connectivity index (χ0) is 8.10. The molecule has 0 amide bonds. The van der Waals surface area contributed by atoms with E-state index < -0.39 is 0 Å². The molecule has 3 heteroatoms. The molecule has 0 atom stereocenters. The van der Waals surface area contributed by atoms with Gasteiger partial charge in [-0.15, -0.1) is 0 Å². The van der Waals surface area contributed by atoms with Crippen LogP contribution < -0.4 is 0 Å². The molecule has 0 radical (unpaired) electrons. The highest BCUT2D eigenvalue weighted by Gasteiger charge is 2.08. The summed E-state index contributed by atoms with van der Waals surface area (Å²) < 4.78 is 4.98. The lowest BCUT2D eigenvalue weighted by Crippen LogP contribution is -1.94. The van der Waals surface area contributed by atoms with Gasteiger partial charge in [0.05, 0.1) is 6.26 Å². The van der Waals surface area contributed by atoms with Crippen molar-refractivity contribution in [3.8, 4) is 12.1 Å². The molecule has 0 aromatic rings. The highest BCUT2D eigenvalue weighted by Crippen LogP contribution is 2.17. The average Bonchev–Trinajstić information content (AvgIpc) is 2.09. The lowest BCUT2D eigenvalue weighted by Gasteiger charge is -2.08. The molecule has 0 fully saturated rings. The van der Waals surface area contributed by atoms with Gasteiger partial charge in [-0.2, -0.15) is 10.5 Å². The average molecular weight is 146 g/mol. The number of nitrogens with zero attached hydrogens (tertiary/aromatic N) is 2. The molecule has 0 aromatic carbocycles. The molecule has 0 aliphatic carbocycles. The van der Waals surface area contributed by atoms with Crippen LogP contribution in [0.25, 0.3) is 0 Å². The van der Waals surface area contributed by atoms with Crippen molar-refractivity contribution in [2.24, 2.45) is 0 Å². The fraction of sp³-hybridized carbons (Fsp3) is 0.250. The summed E-state index contributed by atoms with van der Waals surface area (Å²) in [6.07, 6.45) is 4.85. The lowest BCUT2D eigenvalue weighted by molar-refractivity contribution is 0.316. The molecule has 1 aliphatic rings. The predicted octanol–water partition coefficient (Wildman–Crippen LogP) is 1.61. The van der Waals surface area contributed by atoms with Crippen molar-refractivity contribution in [2.45, 2.75) is 12.8 Å². The summed E-state index contributed by atoms with van der Waals surface area (Å²) in [5.74, 6) is 0.484. The fourth-order valence-corrected chi connectivity index (χ4v) is 0.805. The van der Waals surface area contributed by atoms with E-state index in [1.54, 1.807) is 12.1 Å². The first-order chi connectivity index (χ1) is 5.38. The minimum absolute atomic E-state index is 0.0781. The minimum Gasteiger partial charge on any atom is -0.468 e. The molecule has 0 bridgehead atoms. The quantitative estimate of drug-likeness (QED) is 0.488. The van der Waals surface area contributed by atoms with Crippen LogP contribution >= 0.6 is 0 Å². The number of nitriles is 2. The summed E-state index contributed by atoms with van der Waals surface area (Å²) in [5, 5.41) is 16.9. The molecule has 0 unspecified atom stereocenters. The van der Waals surface area contributed by atoms with Gasteiger partial charge in [-0.05, 0) is 12.5 Å². The lowest BCUT2D eigenvalue weighted by atomic mass is 10.1. The van der Waals surface area contributed by atoms with Gasteiger partial charge in [0.25, 0.3) is 0 Å². The molecule has 0 saturated heterocycles. The Balaban J connectivity index is 2.89. The Morgan fingerprint density at radius 3 is 2.64 bits per heavy atom. The molecule has 0 saturated carbocycles. The van der Waals surface area contributed by atoms with Gasteiger partial charge in [0.2, 0.25) is 0 Å². The first-order valence-electron chi connectivity index (χ1n) is 3.23. The fourth-order valence-electron chi connectivity index (χ4n) is 0.805. The molecule has 54 valence electrons. The van der Waals surface area contributed by atoms with Gasteiger partial charge < -0.3 is 4.74 Å². The molecule has 1 rings (SSSR count). The molecule has 11 heavy (non-hydrogen) atoms. The standard InChI is InChI=1S/C8H6N2O/c9-5-7(6-10)8-3-1-2-4-11-8/h2,4H,1,3H2. The predicted molar refractivity (Wildman–Crippen MR) is 37.7 cm³/mol. The van der Waals surface area contributed by atoms with Crippen LogP contribution in [0.1, 0.15) is 12.8 Å². The maximum absolute atomic E-state index is 8.44. The van der Waals surface area contributed by atoms with Crippen LogP contribution in [0.15, 0.2) is 23.7 Å². The van der Waals surface area contributed by atoms with Gasteiger partial charge >= 0.3 is 0 Å². The van der Waals surface area contributed by atoms with Crippen molar-refractivity contribution in [2.75, 3.05) is 0 Å². The number of ether oxygens (including phenoxy) is 1. The van der Waals surface area contributed by atoms with Crippen molar-refractivity contribution in [3.05, 3.63) is 23.7 Å². The van der Waals surface area contributed by atoms with Gasteiger partial charge in [-0.25, -0.2) is 0 Å². The van der Waals surface area contributed by atoms with E-state index in [1.807, 2.05) is 6.08 Å². The Hall–Kier alpha value is -1.74. The minimum atomic E-state index is 0.0781. The maximum Gasteiger partial charge on any atom is 0.167 e. The van der Waals surface area contributed by atoms with E-state index in [0.29, 0.717) is 12.2 Å². The summed E-state index contributed by atoms with van der Waals surface area (Å²) >= 11 is 0. The first kappa shape index (κ1) is 7.37. The molecular weight excluding hydrogens is 140 g/mol. The van der Waals surface area contributed by atoms with Crippen molar-refractivity contribution in [1.29, 1.82) is 10.5 Å². The van der Waals surface area contributed by atoms with Crippen LogP contribution in [0.5, 0.6) is 0 Å². The van der Waals surface area contributed by atoms with Crippen LogP contribution in [0.3, 0.4) is 0 Å². The van der Waals surface area contributed by atoms with E-state index in [4.69, 9.17) is 15.3 Å². The molecule has 1 heterocycles. The number of rotatable bonds is 0. The van der Waals surface area contributed by atoms with Crippen molar-refractivity contribution < 1.29 is 4.74 Å². The molecule has 1 aliphatic heterocycles. The second-order valence-electron chi connectivity index (χ2n) is 2.05. The Bertz CT molecular complexity index is 272. The number of allylic oxidation sites excluding steroid dienone is 3. The van der Waals surface area contributed by atoms with E-state index in [0.717, 1.165) is 6.42 Å². The summed E-state index contributed by atoms with van der Waals surface area (Å²) in [6.45, 7) is 0. The van der Waals surface area contributed by atoms with Crippen LogP contribution in [0.2, 0.25) is 0 Å². The second-order valence-corrected chi connectivity index (χ2v) is 2.05. The molecule has 0 spiro atoms. The normalized spacial score (nSPS) is 14.5. The topological polar surface area (TPSA) is 56.8 Å². The summed E-state index contributed by atoms with van der Waals surface area (Å²) in [6, 6.07) is 3.56. The van der Waals surface area contributed by atoms with E-state index in [-0.39, 0.29) is 5.57 Å². The second kappa shape index (κ2) is 3.43. The van der Waals surface area contributed by atoms with Gasteiger partial charge in [-0.1, -0.05) is 0 Å². The van der Waals surface area contributed by atoms with E-state index >= 15 is 0 Å². The monoisotopic (exact) mass is 146 g/mol. The van der Waals surface area contributed by atoms with Crippen molar-refractivity contribution in [3.63, 3.8) is 0 Å². The first-order valence-corrected chi connectivity index (χ1v) is 3.23. The van der Waals surface area contributed by atoms with Crippen molar-refractivity contribution >= 4 is 0 Å². The van der Waals surface area contributed by atoms with Gasteiger partial charge in [-0.3, -0.25) is 0 Å². The SMILES string of the molecule is N#CC(C#N)=C1CCC=CO1. The summed E-state index contributed by atoms with van der Waals surface area (Å²) in [5.41, 5.74) is 0.0781. The zero-order valence-electron chi connectivity index (χ0n) is 5.87. The highest BCUT2D eigenvalue weighted by atomic mass is 16.5. The molecule has 0 aromatic heterocycles. The number of hydrogen-bond donors (Lipinski definition) is 0. The highest BCUT2D eigenvalue weighted by molar-refractivity contribution is 5.38. The Morgan fingerprint density at radius 2 is 2.18 bits per heavy atom. The van der Waals surface area contributed by atoms with Gasteiger partial charge in [0.1, 0.15) is 17.9 Å². The summed E-state index contributed by atoms with van der Waals surface area (Å²) in [4.78, 5) is 0.